The molecular weight excluding hydrogens is 314 g/mol. The fourth-order valence-electron chi connectivity index (χ4n) is 3.60. The zero-order chi connectivity index (χ0) is 16.9. The van der Waals surface area contributed by atoms with E-state index >= 15 is 0 Å². The van der Waals surface area contributed by atoms with E-state index in [0.717, 1.165) is 56.5 Å². The predicted molar refractivity (Wildman–Crippen MR) is 96.8 cm³/mol. The molecular formula is C19H25N5O. The molecule has 2 aliphatic heterocycles. The molecule has 0 atom stereocenters. The van der Waals surface area contributed by atoms with E-state index in [-0.39, 0.29) is 0 Å². The number of likely N-dealkylation sites (tertiary alicyclic amines) is 1. The summed E-state index contributed by atoms with van der Waals surface area (Å²) in [6.45, 7) is 6.06. The lowest BCUT2D eigenvalue weighted by Gasteiger charge is -2.28. The van der Waals surface area contributed by atoms with Crippen LogP contribution >= 0.6 is 0 Å². The highest BCUT2D eigenvalue weighted by molar-refractivity contribution is 5.41. The summed E-state index contributed by atoms with van der Waals surface area (Å²) < 4.78 is 5.89. The summed E-state index contributed by atoms with van der Waals surface area (Å²) in [5, 5.41) is 8.18. The number of hydrogen-bond acceptors (Lipinski definition) is 6. The van der Waals surface area contributed by atoms with E-state index in [1.165, 1.54) is 31.5 Å². The second-order valence-corrected chi connectivity index (χ2v) is 6.76. The van der Waals surface area contributed by atoms with E-state index in [1.807, 2.05) is 18.2 Å². The van der Waals surface area contributed by atoms with Gasteiger partial charge < -0.3 is 14.5 Å². The van der Waals surface area contributed by atoms with Crippen molar-refractivity contribution in [3.8, 4) is 5.88 Å². The summed E-state index contributed by atoms with van der Waals surface area (Å²) in [7, 11) is 0. The van der Waals surface area contributed by atoms with Gasteiger partial charge in [0, 0.05) is 25.4 Å². The average molecular weight is 339 g/mol. The molecule has 1 fully saturated rings. The van der Waals surface area contributed by atoms with Gasteiger partial charge in [-0.2, -0.15) is 5.10 Å². The maximum atomic E-state index is 5.89. The Morgan fingerprint density at radius 3 is 2.84 bits per heavy atom. The molecule has 6 nitrogen and oxygen atoms in total. The first-order chi connectivity index (χ1) is 12.4. The van der Waals surface area contributed by atoms with E-state index < -0.39 is 0 Å². The molecule has 2 aromatic heterocycles. The van der Waals surface area contributed by atoms with Gasteiger partial charge in [0.05, 0.1) is 18.8 Å². The van der Waals surface area contributed by atoms with Gasteiger partial charge in [0.15, 0.2) is 5.82 Å². The maximum Gasteiger partial charge on any atom is 0.213 e. The lowest BCUT2D eigenvalue weighted by molar-refractivity contribution is 0.256. The Morgan fingerprint density at radius 2 is 2.00 bits per heavy atom. The molecule has 0 N–H and O–H groups in total. The number of pyridine rings is 1. The van der Waals surface area contributed by atoms with Crippen molar-refractivity contribution in [2.45, 2.75) is 32.2 Å². The van der Waals surface area contributed by atoms with Crippen molar-refractivity contribution in [1.29, 1.82) is 0 Å². The standard InChI is InChI=1S/C19H25N5O/c1-2-11-23(10-1)12-4-14-25-19-7-6-16-8-13-24(15-17(16)21-19)18-5-3-9-20-22-18/h3,5-7,9H,1-2,4,8,10-15H2. The third-order valence-electron chi connectivity index (χ3n) is 4.98. The maximum absolute atomic E-state index is 5.89. The van der Waals surface area contributed by atoms with E-state index in [2.05, 4.69) is 26.1 Å². The Bertz CT molecular complexity index is 687. The molecule has 1 saturated heterocycles. The van der Waals surface area contributed by atoms with E-state index in [1.54, 1.807) is 6.20 Å². The number of nitrogens with zero attached hydrogens (tertiary/aromatic N) is 5. The summed E-state index contributed by atoms with van der Waals surface area (Å²) in [5.41, 5.74) is 2.40. The third-order valence-corrected chi connectivity index (χ3v) is 4.98. The molecule has 4 heterocycles. The molecule has 132 valence electrons. The molecule has 0 radical (unpaired) electrons. The minimum absolute atomic E-state index is 0.732. The Balaban J connectivity index is 1.33. The van der Waals surface area contributed by atoms with E-state index in [9.17, 15) is 0 Å². The van der Waals surface area contributed by atoms with Crippen molar-refractivity contribution < 1.29 is 4.74 Å². The number of rotatable bonds is 6. The largest absolute Gasteiger partial charge is 0.478 e. The van der Waals surface area contributed by atoms with Crippen LogP contribution in [0.1, 0.15) is 30.5 Å². The van der Waals surface area contributed by atoms with Gasteiger partial charge in [0.25, 0.3) is 0 Å². The molecule has 0 bridgehead atoms. The van der Waals surface area contributed by atoms with Crippen molar-refractivity contribution >= 4 is 5.82 Å². The molecule has 25 heavy (non-hydrogen) atoms. The summed E-state index contributed by atoms with van der Waals surface area (Å²) in [4.78, 5) is 9.47. The highest BCUT2D eigenvalue weighted by atomic mass is 16.5. The van der Waals surface area contributed by atoms with Crippen LogP contribution in [-0.4, -0.2) is 52.9 Å². The zero-order valence-electron chi connectivity index (χ0n) is 14.6. The molecule has 0 saturated carbocycles. The van der Waals surface area contributed by atoms with Crippen LogP contribution in [0.5, 0.6) is 5.88 Å². The van der Waals surface area contributed by atoms with Crippen LogP contribution in [0.15, 0.2) is 30.5 Å². The van der Waals surface area contributed by atoms with Crippen molar-refractivity contribution in [3.63, 3.8) is 0 Å². The Labute approximate surface area is 148 Å². The molecule has 0 amide bonds. The molecule has 0 aliphatic carbocycles. The Morgan fingerprint density at radius 1 is 1.08 bits per heavy atom. The van der Waals surface area contributed by atoms with Crippen LogP contribution in [0.3, 0.4) is 0 Å². The van der Waals surface area contributed by atoms with Crippen LogP contribution in [0, 0.1) is 0 Å². The van der Waals surface area contributed by atoms with Crippen molar-refractivity contribution in [3.05, 3.63) is 41.7 Å². The van der Waals surface area contributed by atoms with Gasteiger partial charge in [-0.3, -0.25) is 0 Å². The second-order valence-electron chi connectivity index (χ2n) is 6.76. The Hall–Kier alpha value is -2.21. The molecule has 6 heteroatoms. The summed E-state index contributed by atoms with van der Waals surface area (Å²) >= 11 is 0. The molecule has 0 aromatic carbocycles. The number of fused-ring (bicyclic) bond motifs is 1. The van der Waals surface area contributed by atoms with Crippen LogP contribution in [0.4, 0.5) is 5.82 Å². The van der Waals surface area contributed by atoms with E-state index in [0.29, 0.717) is 0 Å². The average Bonchev–Trinajstić information content (AvgIpc) is 3.19. The lowest BCUT2D eigenvalue weighted by atomic mass is 10.1. The molecule has 2 aliphatic rings. The fraction of sp³-hybridized carbons (Fsp3) is 0.526. The van der Waals surface area contributed by atoms with Crippen LogP contribution in [-0.2, 0) is 13.0 Å². The van der Waals surface area contributed by atoms with Gasteiger partial charge in [-0.1, -0.05) is 6.07 Å². The fourth-order valence-corrected chi connectivity index (χ4v) is 3.60. The number of ether oxygens (including phenoxy) is 1. The van der Waals surface area contributed by atoms with Crippen LogP contribution in [0.25, 0.3) is 0 Å². The highest BCUT2D eigenvalue weighted by Gasteiger charge is 2.19. The monoisotopic (exact) mass is 339 g/mol. The second kappa shape index (κ2) is 7.78. The molecule has 0 spiro atoms. The van der Waals surface area contributed by atoms with Gasteiger partial charge in [-0.15, -0.1) is 5.10 Å². The van der Waals surface area contributed by atoms with Crippen LogP contribution < -0.4 is 9.64 Å². The van der Waals surface area contributed by atoms with E-state index in [4.69, 9.17) is 9.72 Å². The predicted octanol–water partition coefficient (Wildman–Crippen LogP) is 2.30. The van der Waals surface area contributed by atoms with Gasteiger partial charge in [-0.05, 0) is 56.5 Å². The zero-order valence-corrected chi connectivity index (χ0v) is 14.6. The first-order valence-corrected chi connectivity index (χ1v) is 9.25. The molecule has 2 aromatic rings. The summed E-state index contributed by atoms with van der Waals surface area (Å²) in [6.07, 6.45) is 6.43. The van der Waals surface area contributed by atoms with Gasteiger partial charge in [0.1, 0.15) is 0 Å². The van der Waals surface area contributed by atoms with Crippen molar-refractivity contribution in [2.24, 2.45) is 0 Å². The quantitative estimate of drug-likeness (QED) is 0.753. The topological polar surface area (TPSA) is 54.4 Å². The number of aromatic nitrogens is 3. The van der Waals surface area contributed by atoms with Gasteiger partial charge >= 0.3 is 0 Å². The minimum Gasteiger partial charge on any atom is -0.478 e. The SMILES string of the molecule is c1cnnc(N2CCc3ccc(OCCCN4CCCC4)nc3C2)c1. The molecule has 0 unspecified atom stereocenters. The van der Waals surface area contributed by atoms with Crippen molar-refractivity contribution in [2.75, 3.05) is 37.7 Å². The van der Waals surface area contributed by atoms with Gasteiger partial charge in [-0.25, -0.2) is 4.98 Å². The van der Waals surface area contributed by atoms with Gasteiger partial charge in [0.2, 0.25) is 5.88 Å². The smallest absolute Gasteiger partial charge is 0.213 e. The molecule has 4 rings (SSSR count). The first kappa shape index (κ1) is 16.3. The first-order valence-electron chi connectivity index (χ1n) is 9.25. The normalized spacial score (nSPS) is 17.5. The summed E-state index contributed by atoms with van der Waals surface area (Å²) in [5.74, 6) is 1.65. The van der Waals surface area contributed by atoms with Crippen molar-refractivity contribution in [1.82, 2.24) is 20.1 Å². The third kappa shape index (κ3) is 4.07. The highest BCUT2D eigenvalue weighted by Crippen LogP contribution is 2.23. The summed E-state index contributed by atoms with van der Waals surface area (Å²) in [6, 6.07) is 8.08. The Kier molecular flexibility index (Phi) is 5.06. The number of anilines is 1. The lowest BCUT2D eigenvalue weighted by Crippen LogP contribution is -2.31. The number of hydrogen-bond donors (Lipinski definition) is 0. The minimum atomic E-state index is 0.732. The van der Waals surface area contributed by atoms with Crippen LogP contribution in [0.2, 0.25) is 0 Å².